The minimum absolute atomic E-state index is 0.234. The number of hydrogen-bond acceptors (Lipinski definition) is 5. The maximum atomic E-state index is 13.3. The topological polar surface area (TPSA) is 50.3 Å². The third-order valence-electron chi connectivity index (χ3n) is 4.66. The number of ether oxygens (including phenoxy) is 1. The molecule has 0 radical (unpaired) electrons. The Labute approximate surface area is 140 Å². The zero-order chi connectivity index (χ0) is 16.5. The molecule has 4 rings (SSSR count). The Balaban J connectivity index is 1.81. The van der Waals surface area contributed by atoms with Gasteiger partial charge in [-0.25, -0.2) is 14.4 Å². The summed E-state index contributed by atoms with van der Waals surface area (Å²) in [6.07, 6.45) is 0.887. The predicted molar refractivity (Wildman–Crippen MR) is 90.5 cm³/mol. The average Bonchev–Trinajstić information content (AvgIpc) is 2.62. The molecule has 24 heavy (non-hydrogen) atoms. The second kappa shape index (κ2) is 6.45. The fourth-order valence-electron chi connectivity index (χ4n) is 3.33. The van der Waals surface area contributed by atoms with Crippen molar-refractivity contribution in [2.75, 3.05) is 31.2 Å². The molecule has 1 N–H and O–H groups in total. The highest BCUT2D eigenvalue weighted by atomic mass is 19.1. The Morgan fingerprint density at radius 3 is 2.88 bits per heavy atom. The molecule has 0 amide bonds. The second-order valence-corrected chi connectivity index (χ2v) is 6.35. The lowest BCUT2D eigenvalue weighted by atomic mass is 10.0. The van der Waals surface area contributed by atoms with Crippen LogP contribution in [0.1, 0.15) is 18.2 Å². The number of aromatic nitrogens is 2. The van der Waals surface area contributed by atoms with Crippen LogP contribution in [0.15, 0.2) is 24.3 Å². The first kappa shape index (κ1) is 15.5. The highest BCUT2D eigenvalue weighted by Gasteiger charge is 2.25. The van der Waals surface area contributed by atoms with Crippen molar-refractivity contribution in [2.45, 2.75) is 25.9 Å². The molecular formula is C18H21FN4O. The summed E-state index contributed by atoms with van der Waals surface area (Å²) in [5, 5.41) is 3.38. The highest BCUT2D eigenvalue weighted by molar-refractivity contribution is 5.66. The lowest BCUT2D eigenvalue weighted by Gasteiger charge is -2.34. The van der Waals surface area contributed by atoms with Crippen LogP contribution in [0.5, 0.6) is 0 Å². The van der Waals surface area contributed by atoms with Crippen molar-refractivity contribution in [3.63, 3.8) is 0 Å². The van der Waals surface area contributed by atoms with Gasteiger partial charge in [-0.2, -0.15) is 0 Å². The van der Waals surface area contributed by atoms with E-state index >= 15 is 0 Å². The van der Waals surface area contributed by atoms with Crippen LogP contribution in [-0.2, 0) is 17.7 Å². The monoisotopic (exact) mass is 328 g/mol. The van der Waals surface area contributed by atoms with E-state index in [1.165, 1.54) is 12.1 Å². The molecule has 2 aliphatic heterocycles. The number of anilines is 1. The Kier molecular flexibility index (Phi) is 4.16. The van der Waals surface area contributed by atoms with Crippen LogP contribution in [0.25, 0.3) is 11.3 Å². The summed E-state index contributed by atoms with van der Waals surface area (Å²) in [6.45, 7) is 5.97. The summed E-state index contributed by atoms with van der Waals surface area (Å²) in [7, 11) is 0. The normalized spacial score (nSPS) is 20.8. The summed E-state index contributed by atoms with van der Waals surface area (Å²) in [5.41, 5.74) is 4.05. The number of nitrogens with one attached hydrogen (secondary N) is 1. The fourth-order valence-corrected chi connectivity index (χ4v) is 3.33. The van der Waals surface area contributed by atoms with Gasteiger partial charge in [0.15, 0.2) is 0 Å². The van der Waals surface area contributed by atoms with Crippen LogP contribution in [-0.4, -0.2) is 42.3 Å². The average molecular weight is 328 g/mol. The molecule has 126 valence electrons. The van der Waals surface area contributed by atoms with Gasteiger partial charge in [-0.05, 0) is 31.2 Å². The largest absolute Gasteiger partial charge is 0.377 e. The van der Waals surface area contributed by atoms with Crippen molar-refractivity contribution in [1.82, 2.24) is 15.3 Å². The zero-order valence-electron chi connectivity index (χ0n) is 13.8. The fraction of sp³-hybridized carbons (Fsp3) is 0.444. The molecule has 3 heterocycles. The Hall–Kier alpha value is -2.05. The van der Waals surface area contributed by atoms with Crippen molar-refractivity contribution in [2.24, 2.45) is 0 Å². The van der Waals surface area contributed by atoms with Gasteiger partial charge in [0.2, 0.25) is 5.95 Å². The number of morpholine rings is 1. The van der Waals surface area contributed by atoms with Gasteiger partial charge >= 0.3 is 0 Å². The van der Waals surface area contributed by atoms with Crippen molar-refractivity contribution in [3.05, 3.63) is 41.3 Å². The smallest absolute Gasteiger partial charge is 0.226 e. The molecular weight excluding hydrogens is 307 g/mol. The molecule has 1 aromatic heterocycles. The van der Waals surface area contributed by atoms with Gasteiger partial charge in [-0.1, -0.05) is 0 Å². The van der Waals surface area contributed by atoms with E-state index in [0.717, 1.165) is 54.5 Å². The Morgan fingerprint density at radius 1 is 1.25 bits per heavy atom. The van der Waals surface area contributed by atoms with Gasteiger partial charge in [0.25, 0.3) is 0 Å². The molecule has 0 unspecified atom stereocenters. The molecule has 0 spiro atoms. The molecule has 0 bridgehead atoms. The molecule has 2 aromatic rings. The van der Waals surface area contributed by atoms with Crippen LogP contribution in [0, 0.1) is 5.82 Å². The van der Waals surface area contributed by atoms with E-state index < -0.39 is 0 Å². The third kappa shape index (κ3) is 2.87. The summed E-state index contributed by atoms with van der Waals surface area (Å²) in [4.78, 5) is 11.9. The predicted octanol–water partition coefficient (Wildman–Crippen LogP) is 2.15. The number of benzene rings is 1. The van der Waals surface area contributed by atoms with Gasteiger partial charge in [-0.3, -0.25) is 0 Å². The first-order valence-electron chi connectivity index (χ1n) is 8.43. The first-order chi connectivity index (χ1) is 11.7. The number of nitrogens with zero attached hydrogens (tertiary/aromatic N) is 3. The molecule has 1 saturated heterocycles. The lowest BCUT2D eigenvalue weighted by Crippen LogP contribution is -2.45. The van der Waals surface area contributed by atoms with Crippen LogP contribution in [0.3, 0.4) is 0 Å². The molecule has 0 saturated carbocycles. The molecule has 0 aliphatic carbocycles. The summed E-state index contributed by atoms with van der Waals surface area (Å²) in [5.74, 6) is 0.521. The maximum absolute atomic E-state index is 13.3. The van der Waals surface area contributed by atoms with E-state index in [2.05, 4.69) is 17.1 Å². The molecule has 5 nitrogen and oxygen atoms in total. The quantitative estimate of drug-likeness (QED) is 0.915. The number of rotatable bonds is 2. The molecule has 2 aliphatic rings. The number of fused-ring (bicyclic) bond motifs is 1. The van der Waals surface area contributed by atoms with Crippen LogP contribution in [0.4, 0.5) is 10.3 Å². The van der Waals surface area contributed by atoms with E-state index in [1.807, 2.05) is 0 Å². The number of hydrogen-bond donors (Lipinski definition) is 1. The summed E-state index contributed by atoms with van der Waals surface area (Å²) >= 11 is 0. The first-order valence-corrected chi connectivity index (χ1v) is 8.43. The van der Waals surface area contributed by atoms with Crippen LogP contribution < -0.4 is 10.2 Å². The van der Waals surface area contributed by atoms with Crippen molar-refractivity contribution >= 4 is 5.95 Å². The Bertz CT molecular complexity index is 735. The molecule has 1 aromatic carbocycles. The Morgan fingerprint density at radius 2 is 2.08 bits per heavy atom. The molecule has 1 atom stereocenters. The van der Waals surface area contributed by atoms with Gasteiger partial charge in [0.1, 0.15) is 5.82 Å². The summed E-state index contributed by atoms with van der Waals surface area (Å²) < 4.78 is 18.8. The minimum atomic E-state index is -0.234. The van der Waals surface area contributed by atoms with Crippen molar-refractivity contribution in [1.29, 1.82) is 0 Å². The third-order valence-corrected chi connectivity index (χ3v) is 4.66. The van der Waals surface area contributed by atoms with E-state index in [1.54, 1.807) is 12.1 Å². The van der Waals surface area contributed by atoms with E-state index in [-0.39, 0.29) is 11.9 Å². The van der Waals surface area contributed by atoms with Crippen molar-refractivity contribution in [3.8, 4) is 11.3 Å². The standard InChI is InChI=1S/C18H21FN4O/c1-12-11-24-9-8-23(12)18-21-16-6-7-20-10-15(16)17(22-18)13-2-4-14(19)5-3-13/h2-5,12,20H,6-11H2,1H3/t12-/m0/s1. The summed E-state index contributed by atoms with van der Waals surface area (Å²) in [6, 6.07) is 6.80. The molecule has 1 fully saturated rings. The van der Waals surface area contributed by atoms with Gasteiger partial charge in [-0.15, -0.1) is 0 Å². The minimum Gasteiger partial charge on any atom is -0.377 e. The van der Waals surface area contributed by atoms with E-state index in [0.29, 0.717) is 13.2 Å². The van der Waals surface area contributed by atoms with E-state index in [9.17, 15) is 4.39 Å². The van der Waals surface area contributed by atoms with Gasteiger partial charge in [0, 0.05) is 37.2 Å². The lowest BCUT2D eigenvalue weighted by molar-refractivity contribution is 0.0980. The van der Waals surface area contributed by atoms with Gasteiger partial charge < -0.3 is 15.0 Å². The highest BCUT2D eigenvalue weighted by Crippen LogP contribution is 2.29. The second-order valence-electron chi connectivity index (χ2n) is 6.35. The van der Waals surface area contributed by atoms with Crippen LogP contribution >= 0.6 is 0 Å². The zero-order valence-corrected chi connectivity index (χ0v) is 13.8. The van der Waals surface area contributed by atoms with Crippen molar-refractivity contribution < 1.29 is 9.13 Å². The van der Waals surface area contributed by atoms with Gasteiger partial charge in [0.05, 0.1) is 30.6 Å². The maximum Gasteiger partial charge on any atom is 0.226 e. The van der Waals surface area contributed by atoms with Crippen LogP contribution in [0.2, 0.25) is 0 Å². The van der Waals surface area contributed by atoms with E-state index in [4.69, 9.17) is 14.7 Å². The number of halogens is 1. The SMILES string of the molecule is C[C@H]1COCCN1c1nc2c(c(-c3ccc(F)cc3)n1)CNCC2. The molecule has 6 heteroatoms.